The van der Waals surface area contributed by atoms with Crippen LogP contribution in [0.2, 0.25) is 0 Å². The molecule has 0 aliphatic carbocycles. The van der Waals surface area contributed by atoms with Crippen LogP contribution in [0.3, 0.4) is 0 Å². The van der Waals surface area contributed by atoms with E-state index in [4.69, 9.17) is 16.3 Å². The van der Waals surface area contributed by atoms with Gasteiger partial charge in [-0.25, -0.2) is 0 Å². The molecule has 2 saturated heterocycles. The summed E-state index contributed by atoms with van der Waals surface area (Å²) in [4.78, 5) is 14.1. The molecule has 3 nitrogen and oxygen atoms in total. The third-order valence-electron chi connectivity index (χ3n) is 3.78. The van der Waals surface area contributed by atoms with Crippen molar-refractivity contribution < 1.29 is 9.53 Å². The molecule has 92 valence electrons. The van der Waals surface area contributed by atoms with Gasteiger partial charge in [0.25, 0.3) is 5.91 Å². The quantitative estimate of drug-likeness (QED) is 0.696. The van der Waals surface area contributed by atoms with Crippen LogP contribution in [-0.4, -0.2) is 42.5 Å². The first kappa shape index (κ1) is 12.2. The third-order valence-corrected chi connectivity index (χ3v) is 4.21. The molecule has 4 heteroatoms. The SMILES string of the molecule is CC1CCOC1C(=O)N1CCC(CCl)CC1. The number of alkyl halides is 1. The molecule has 2 unspecified atom stereocenters. The maximum atomic E-state index is 12.2. The minimum absolute atomic E-state index is 0.187. The summed E-state index contributed by atoms with van der Waals surface area (Å²) in [5.41, 5.74) is 0. The van der Waals surface area contributed by atoms with Crippen molar-refractivity contribution in [1.29, 1.82) is 0 Å². The second-order valence-electron chi connectivity index (χ2n) is 4.98. The molecule has 0 bridgehead atoms. The van der Waals surface area contributed by atoms with Crippen molar-refractivity contribution in [2.24, 2.45) is 11.8 Å². The van der Waals surface area contributed by atoms with Crippen LogP contribution in [-0.2, 0) is 9.53 Å². The van der Waals surface area contributed by atoms with Gasteiger partial charge in [-0.2, -0.15) is 0 Å². The van der Waals surface area contributed by atoms with Gasteiger partial charge in [0.15, 0.2) is 0 Å². The molecular weight excluding hydrogens is 226 g/mol. The van der Waals surface area contributed by atoms with E-state index in [1.165, 1.54) is 0 Å². The molecule has 0 radical (unpaired) electrons. The van der Waals surface area contributed by atoms with Gasteiger partial charge in [0.2, 0.25) is 0 Å². The topological polar surface area (TPSA) is 29.5 Å². The van der Waals surface area contributed by atoms with Gasteiger partial charge in [-0.05, 0) is 31.1 Å². The molecule has 2 rings (SSSR count). The summed E-state index contributed by atoms with van der Waals surface area (Å²) in [6.45, 7) is 4.53. The van der Waals surface area contributed by atoms with Crippen LogP contribution >= 0.6 is 11.6 Å². The molecule has 2 aliphatic heterocycles. The van der Waals surface area contributed by atoms with Crippen molar-refractivity contribution in [2.45, 2.75) is 32.3 Å². The highest BCUT2D eigenvalue weighted by molar-refractivity contribution is 6.18. The van der Waals surface area contributed by atoms with Crippen LogP contribution in [0.5, 0.6) is 0 Å². The molecule has 2 atom stereocenters. The summed E-state index contributed by atoms with van der Waals surface area (Å²) in [5, 5.41) is 0. The molecule has 0 N–H and O–H groups in total. The Labute approximate surface area is 102 Å². The standard InChI is InChI=1S/C12H20ClNO2/c1-9-4-7-16-11(9)12(15)14-5-2-10(8-13)3-6-14/h9-11H,2-8H2,1H3. The first-order chi connectivity index (χ1) is 7.72. The number of carbonyl (C=O) groups is 1. The number of piperidine rings is 1. The fourth-order valence-corrected chi connectivity index (χ4v) is 2.81. The fourth-order valence-electron chi connectivity index (χ4n) is 2.50. The Bertz CT molecular complexity index is 251. The number of amides is 1. The minimum atomic E-state index is -0.187. The first-order valence-corrected chi connectivity index (χ1v) is 6.72. The van der Waals surface area contributed by atoms with Gasteiger partial charge < -0.3 is 9.64 Å². The molecule has 0 aromatic rings. The van der Waals surface area contributed by atoms with Gasteiger partial charge in [0.05, 0.1) is 0 Å². The predicted octanol–water partition coefficient (Wildman–Crippen LogP) is 1.89. The number of nitrogens with zero attached hydrogens (tertiary/aromatic N) is 1. The number of hydrogen-bond acceptors (Lipinski definition) is 2. The first-order valence-electron chi connectivity index (χ1n) is 6.18. The van der Waals surface area contributed by atoms with E-state index in [9.17, 15) is 4.79 Å². The zero-order chi connectivity index (χ0) is 11.5. The van der Waals surface area contributed by atoms with Crippen LogP contribution in [0.4, 0.5) is 0 Å². The number of hydrogen-bond donors (Lipinski definition) is 0. The van der Waals surface area contributed by atoms with Crippen LogP contribution < -0.4 is 0 Å². The van der Waals surface area contributed by atoms with Crippen molar-refractivity contribution in [3.05, 3.63) is 0 Å². The van der Waals surface area contributed by atoms with E-state index in [1.807, 2.05) is 4.90 Å². The van der Waals surface area contributed by atoms with E-state index in [-0.39, 0.29) is 12.0 Å². The van der Waals surface area contributed by atoms with Crippen LogP contribution in [0.1, 0.15) is 26.2 Å². The van der Waals surface area contributed by atoms with Crippen molar-refractivity contribution in [3.63, 3.8) is 0 Å². The number of ether oxygens (including phenoxy) is 1. The van der Waals surface area contributed by atoms with Crippen molar-refractivity contribution in [2.75, 3.05) is 25.6 Å². The van der Waals surface area contributed by atoms with Gasteiger partial charge >= 0.3 is 0 Å². The van der Waals surface area contributed by atoms with Gasteiger partial charge in [-0.15, -0.1) is 11.6 Å². The maximum absolute atomic E-state index is 12.2. The lowest BCUT2D eigenvalue weighted by molar-refractivity contribution is -0.143. The lowest BCUT2D eigenvalue weighted by Crippen LogP contribution is -2.45. The highest BCUT2D eigenvalue weighted by Gasteiger charge is 2.35. The Morgan fingerprint density at radius 2 is 2.06 bits per heavy atom. The second-order valence-corrected chi connectivity index (χ2v) is 5.29. The van der Waals surface area contributed by atoms with Crippen LogP contribution in [0.25, 0.3) is 0 Å². The summed E-state index contributed by atoms with van der Waals surface area (Å²) in [6.07, 6.45) is 2.90. The van der Waals surface area contributed by atoms with E-state index < -0.39 is 0 Å². The van der Waals surface area contributed by atoms with E-state index >= 15 is 0 Å². The van der Waals surface area contributed by atoms with Crippen molar-refractivity contribution >= 4 is 17.5 Å². The predicted molar refractivity (Wildman–Crippen MR) is 63.5 cm³/mol. The van der Waals surface area contributed by atoms with Crippen molar-refractivity contribution in [1.82, 2.24) is 4.90 Å². The Morgan fingerprint density at radius 3 is 2.56 bits per heavy atom. The third kappa shape index (κ3) is 2.51. The van der Waals surface area contributed by atoms with Gasteiger partial charge in [0.1, 0.15) is 6.10 Å². The minimum Gasteiger partial charge on any atom is -0.368 e. The van der Waals surface area contributed by atoms with Crippen molar-refractivity contribution in [3.8, 4) is 0 Å². The number of rotatable bonds is 2. The summed E-state index contributed by atoms with van der Waals surface area (Å²) in [6, 6.07) is 0. The van der Waals surface area contributed by atoms with Gasteiger partial charge in [0, 0.05) is 25.6 Å². The highest BCUT2D eigenvalue weighted by Crippen LogP contribution is 2.25. The molecule has 0 spiro atoms. The lowest BCUT2D eigenvalue weighted by Gasteiger charge is -2.33. The molecule has 0 aromatic heterocycles. The van der Waals surface area contributed by atoms with Crippen LogP contribution in [0, 0.1) is 11.8 Å². The molecular formula is C12H20ClNO2. The summed E-state index contributed by atoms with van der Waals surface area (Å²) in [7, 11) is 0. The van der Waals surface area contributed by atoms with E-state index in [2.05, 4.69) is 6.92 Å². The van der Waals surface area contributed by atoms with Crippen LogP contribution in [0.15, 0.2) is 0 Å². The number of likely N-dealkylation sites (tertiary alicyclic amines) is 1. The summed E-state index contributed by atoms with van der Waals surface area (Å²) < 4.78 is 5.52. The van der Waals surface area contributed by atoms with E-state index in [0.717, 1.165) is 44.8 Å². The molecule has 1 amide bonds. The highest BCUT2D eigenvalue weighted by atomic mass is 35.5. The Balaban J connectivity index is 1.86. The average Bonchev–Trinajstić information content (AvgIpc) is 2.75. The lowest BCUT2D eigenvalue weighted by atomic mass is 9.97. The average molecular weight is 246 g/mol. The molecule has 2 fully saturated rings. The Kier molecular flexibility index (Phi) is 4.09. The fraction of sp³-hybridized carbons (Fsp3) is 0.917. The summed E-state index contributed by atoms with van der Waals surface area (Å²) >= 11 is 5.83. The molecule has 16 heavy (non-hydrogen) atoms. The summed E-state index contributed by atoms with van der Waals surface area (Å²) in [5.74, 6) is 1.88. The van der Waals surface area contributed by atoms with Gasteiger partial charge in [-0.3, -0.25) is 4.79 Å². The monoisotopic (exact) mass is 245 g/mol. The molecule has 0 aromatic carbocycles. The van der Waals surface area contributed by atoms with E-state index in [1.54, 1.807) is 0 Å². The largest absolute Gasteiger partial charge is 0.368 e. The maximum Gasteiger partial charge on any atom is 0.251 e. The normalized spacial score (nSPS) is 32.0. The Morgan fingerprint density at radius 1 is 1.38 bits per heavy atom. The zero-order valence-corrected chi connectivity index (χ0v) is 10.6. The van der Waals surface area contributed by atoms with Gasteiger partial charge in [-0.1, -0.05) is 6.92 Å². The second kappa shape index (κ2) is 5.37. The molecule has 2 heterocycles. The number of carbonyl (C=O) groups excluding carboxylic acids is 1. The Hall–Kier alpha value is -0.280. The molecule has 2 aliphatic rings. The smallest absolute Gasteiger partial charge is 0.251 e. The van der Waals surface area contributed by atoms with E-state index in [0.29, 0.717) is 11.8 Å². The number of halogens is 1. The molecule has 0 saturated carbocycles. The zero-order valence-electron chi connectivity index (χ0n) is 9.82.